The minimum atomic E-state index is -0.0835. The molecule has 1 N–H and O–H groups in total. The standard InChI is InChI=1S/C25H25N3O3S/c1-30-17-10-11-21(31-2)18(13-17)20-9-6-12-28(20)14-22-26-24(29)23-19(15-32-25(23)27-22)16-7-4-3-5-8-16/h3-5,7-8,10-11,13,15,20H,6,9,12,14H2,1-2H3,(H,26,27,29). The first-order chi connectivity index (χ1) is 15.7. The molecule has 1 aliphatic rings. The van der Waals surface area contributed by atoms with Crippen LogP contribution in [0.15, 0.2) is 58.7 Å². The van der Waals surface area contributed by atoms with E-state index in [1.807, 2.05) is 53.9 Å². The van der Waals surface area contributed by atoms with Crippen molar-refractivity contribution >= 4 is 21.6 Å². The maximum absolute atomic E-state index is 13.0. The van der Waals surface area contributed by atoms with Gasteiger partial charge in [-0.25, -0.2) is 4.98 Å². The predicted molar refractivity (Wildman–Crippen MR) is 128 cm³/mol. The molecule has 2 aromatic carbocycles. The molecule has 0 saturated carbocycles. The van der Waals surface area contributed by atoms with E-state index in [1.54, 1.807) is 14.2 Å². The number of H-pyrrole nitrogens is 1. The Bertz CT molecular complexity index is 1300. The zero-order chi connectivity index (χ0) is 22.1. The molecule has 0 bridgehead atoms. The number of thiophene rings is 1. The number of nitrogens with zero attached hydrogens (tertiary/aromatic N) is 2. The maximum Gasteiger partial charge on any atom is 0.260 e. The van der Waals surface area contributed by atoms with Gasteiger partial charge >= 0.3 is 0 Å². The van der Waals surface area contributed by atoms with E-state index in [0.717, 1.165) is 52.4 Å². The Balaban J connectivity index is 1.46. The first-order valence-electron chi connectivity index (χ1n) is 10.7. The molecule has 2 aromatic heterocycles. The summed E-state index contributed by atoms with van der Waals surface area (Å²) < 4.78 is 11.1. The summed E-state index contributed by atoms with van der Waals surface area (Å²) in [6.07, 6.45) is 2.10. The summed E-state index contributed by atoms with van der Waals surface area (Å²) in [4.78, 5) is 24.0. The Morgan fingerprint density at radius 2 is 2.00 bits per heavy atom. The van der Waals surface area contributed by atoms with Crippen molar-refractivity contribution in [3.63, 3.8) is 0 Å². The third kappa shape index (κ3) is 3.78. The molecule has 164 valence electrons. The number of aromatic nitrogens is 2. The number of hydrogen-bond donors (Lipinski definition) is 1. The molecule has 4 aromatic rings. The fourth-order valence-electron chi connectivity index (χ4n) is 4.56. The van der Waals surface area contributed by atoms with Gasteiger partial charge < -0.3 is 14.5 Å². The van der Waals surface area contributed by atoms with Crippen LogP contribution in [0.1, 0.15) is 30.3 Å². The fraction of sp³-hybridized carbons (Fsp3) is 0.280. The summed E-state index contributed by atoms with van der Waals surface area (Å²) in [7, 11) is 3.37. The minimum absolute atomic E-state index is 0.0835. The average Bonchev–Trinajstić information content (AvgIpc) is 3.46. The van der Waals surface area contributed by atoms with Crippen LogP contribution >= 0.6 is 11.3 Å². The monoisotopic (exact) mass is 447 g/mol. The Morgan fingerprint density at radius 3 is 2.78 bits per heavy atom. The summed E-state index contributed by atoms with van der Waals surface area (Å²) in [5, 5.41) is 2.68. The molecular weight excluding hydrogens is 422 g/mol. The van der Waals surface area contributed by atoms with Crippen LogP contribution in [0, 0.1) is 0 Å². The lowest BCUT2D eigenvalue weighted by molar-refractivity contribution is 0.236. The maximum atomic E-state index is 13.0. The molecule has 32 heavy (non-hydrogen) atoms. The number of nitrogens with one attached hydrogen (secondary N) is 1. The quantitative estimate of drug-likeness (QED) is 0.450. The number of likely N-dealkylation sites (tertiary alicyclic amines) is 1. The van der Waals surface area contributed by atoms with Gasteiger partial charge in [0.05, 0.1) is 26.2 Å². The topological polar surface area (TPSA) is 67.5 Å². The molecule has 7 heteroatoms. The Morgan fingerprint density at radius 1 is 1.16 bits per heavy atom. The highest BCUT2D eigenvalue weighted by Crippen LogP contribution is 2.39. The van der Waals surface area contributed by atoms with Crippen LogP contribution in [0.25, 0.3) is 21.3 Å². The van der Waals surface area contributed by atoms with E-state index >= 15 is 0 Å². The molecule has 1 aliphatic heterocycles. The summed E-state index contributed by atoms with van der Waals surface area (Å²) >= 11 is 1.52. The molecule has 3 heterocycles. The van der Waals surface area contributed by atoms with Gasteiger partial charge in [-0.3, -0.25) is 9.69 Å². The summed E-state index contributed by atoms with van der Waals surface area (Å²) in [5.74, 6) is 2.36. The molecule has 0 amide bonds. The lowest BCUT2D eigenvalue weighted by Gasteiger charge is -2.26. The molecule has 6 nitrogen and oxygen atoms in total. The summed E-state index contributed by atoms with van der Waals surface area (Å²) in [5.41, 5.74) is 2.99. The van der Waals surface area contributed by atoms with Crippen LogP contribution in [0.4, 0.5) is 0 Å². The summed E-state index contributed by atoms with van der Waals surface area (Å²) in [6.45, 7) is 1.52. The van der Waals surface area contributed by atoms with Crippen molar-refractivity contribution in [3.8, 4) is 22.6 Å². The van der Waals surface area contributed by atoms with Crippen molar-refractivity contribution in [2.45, 2.75) is 25.4 Å². The third-order valence-electron chi connectivity index (χ3n) is 6.09. The number of ether oxygens (including phenoxy) is 2. The smallest absolute Gasteiger partial charge is 0.260 e. The van der Waals surface area contributed by atoms with Gasteiger partial charge in [-0.1, -0.05) is 30.3 Å². The SMILES string of the molecule is COc1ccc(OC)c(C2CCCN2Cc2nc3scc(-c4ccccc4)c3c(=O)[nH]2)c1. The molecular formula is C25H25N3O3S. The molecule has 1 atom stereocenters. The molecule has 5 rings (SSSR count). The first kappa shape index (κ1) is 20.7. The first-order valence-corrected chi connectivity index (χ1v) is 11.6. The van der Waals surface area contributed by atoms with Gasteiger partial charge in [0.15, 0.2) is 0 Å². The molecule has 0 aliphatic carbocycles. The van der Waals surface area contributed by atoms with E-state index in [1.165, 1.54) is 11.3 Å². The van der Waals surface area contributed by atoms with Gasteiger partial charge in [-0.05, 0) is 43.1 Å². The predicted octanol–water partition coefficient (Wildman–Crippen LogP) is 5.01. The molecule has 0 spiro atoms. The van der Waals surface area contributed by atoms with Crippen LogP contribution in [-0.2, 0) is 6.54 Å². The van der Waals surface area contributed by atoms with E-state index in [-0.39, 0.29) is 11.6 Å². The fourth-order valence-corrected chi connectivity index (χ4v) is 5.53. The van der Waals surface area contributed by atoms with Crippen molar-refractivity contribution in [3.05, 3.63) is 75.7 Å². The van der Waals surface area contributed by atoms with Gasteiger partial charge in [0.25, 0.3) is 5.56 Å². The van der Waals surface area contributed by atoms with Crippen molar-refractivity contribution in [1.82, 2.24) is 14.9 Å². The molecule has 0 radical (unpaired) electrons. The number of benzene rings is 2. The second-order valence-corrected chi connectivity index (χ2v) is 8.80. The lowest BCUT2D eigenvalue weighted by Crippen LogP contribution is -2.26. The molecule has 1 saturated heterocycles. The number of rotatable bonds is 6. The van der Waals surface area contributed by atoms with E-state index < -0.39 is 0 Å². The minimum Gasteiger partial charge on any atom is -0.497 e. The van der Waals surface area contributed by atoms with E-state index in [0.29, 0.717) is 17.8 Å². The van der Waals surface area contributed by atoms with Crippen molar-refractivity contribution in [2.24, 2.45) is 0 Å². The normalized spacial score (nSPS) is 16.5. The van der Waals surface area contributed by atoms with Crippen LogP contribution in [0.2, 0.25) is 0 Å². The molecule has 1 unspecified atom stereocenters. The molecule has 1 fully saturated rings. The zero-order valence-corrected chi connectivity index (χ0v) is 18.9. The third-order valence-corrected chi connectivity index (χ3v) is 6.96. The highest BCUT2D eigenvalue weighted by Gasteiger charge is 2.29. The van der Waals surface area contributed by atoms with Crippen molar-refractivity contribution in [1.29, 1.82) is 0 Å². The van der Waals surface area contributed by atoms with E-state index in [2.05, 4.69) is 9.88 Å². The number of aromatic amines is 1. The second kappa shape index (κ2) is 8.76. The van der Waals surface area contributed by atoms with Gasteiger partial charge in [0, 0.05) is 22.5 Å². The zero-order valence-electron chi connectivity index (χ0n) is 18.1. The van der Waals surface area contributed by atoms with Gasteiger partial charge in [0.2, 0.25) is 0 Å². The second-order valence-electron chi connectivity index (χ2n) is 7.94. The van der Waals surface area contributed by atoms with Crippen LogP contribution in [0.3, 0.4) is 0 Å². The largest absolute Gasteiger partial charge is 0.497 e. The van der Waals surface area contributed by atoms with Gasteiger partial charge in [-0.2, -0.15) is 0 Å². The van der Waals surface area contributed by atoms with Crippen molar-refractivity contribution in [2.75, 3.05) is 20.8 Å². The highest BCUT2D eigenvalue weighted by atomic mass is 32.1. The van der Waals surface area contributed by atoms with Gasteiger partial charge in [-0.15, -0.1) is 11.3 Å². The Hall–Kier alpha value is -3.16. The lowest BCUT2D eigenvalue weighted by atomic mass is 10.0. The number of hydrogen-bond acceptors (Lipinski definition) is 6. The highest BCUT2D eigenvalue weighted by molar-refractivity contribution is 7.17. The van der Waals surface area contributed by atoms with Crippen LogP contribution in [0.5, 0.6) is 11.5 Å². The number of methoxy groups -OCH3 is 2. The van der Waals surface area contributed by atoms with Gasteiger partial charge in [0.1, 0.15) is 22.2 Å². The van der Waals surface area contributed by atoms with E-state index in [9.17, 15) is 4.79 Å². The Kier molecular flexibility index (Phi) is 5.68. The summed E-state index contributed by atoms with van der Waals surface area (Å²) in [6, 6.07) is 16.1. The Labute approximate surface area is 190 Å². The van der Waals surface area contributed by atoms with Crippen LogP contribution < -0.4 is 15.0 Å². The number of fused-ring (bicyclic) bond motifs is 1. The van der Waals surface area contributed by atoms with Crippen LogP contribution in [-0.4, -0.2) is 35.6 Å². The van der Waals surface area contributed by atoms with E-state index in [4.69, 9.17) is 14.5 Å². The average molecular weight is 448 g/mol. The van der Waals surface area contributed by atoms with Crippen molar-refractivity contribution < 1.29 is 9.47 Å².